The van der Waals surface area contributed by atoms with Crippen LogP contribution in [0.3, 0.4) is 0 Å². The lowest BCUT2D eigenvalue weighted by Crippen LogP contribution is -2.44. The molecule has 2 rings (SSSR count). The average molecular weight is 323 g/mol. The van der Waals surface area contributed by atoms with E-state index in [1.165, 1.54) is 34.8 Å². The third kappa shape index (κ3) is 3.91. The van der Waals surface area contributed by atoms with Gasteiger partial charge in [-0.1, -0.05) is 68.5 Å². The molecule has 1 heteroatoms. The topological polar surface area (TPSA) is 0 Å². The molecule has 122 valence electrons. The van der Waals surface area contributed by atoms with Gasteiger partial charge in [0, 0.05) is 0 Å². The average Bonchev–Trinajstić information content (AvgIpc) is 2.91. The van der Waals surface area contributed by atoms with Crippen LogP contribution in [0.15, 0.2) is 0 Å². The van der Waals surface area contributed by atoms with Crippen molar-refractivity contribution in [3.05, 3.63) is 60.4 Å². The van der Waals surface area contributed by atoms with E-state index in [-0.39, 0.29) is 10.8 Å². The molecule has 0 amide bonds. The Morgan fingerprint density at radius 3 is 1.13 bits per heavy atom. The number of rotatable bonds is 2. The second-order valence-corrected chi connectivity index (χ2v) is 13.6. The van der Waals surface area contributed by atoms with E-state index in [0.717, 1.165) is 0 Å². The number of hydrogen-bond acceptors (Lipinski definition) is 0. The van der Waals surface area contributed by atoms with Crippen molar-refractivity contribution in [3.63, 3.8) is 0 Å². The minimum atomic E-state index is -1.83. The highest BCUT2D eigenvalue weighted by Gasteiger charge is 2.54. The molecule has 0 aromatic carbocycles. The lowest BCUT2D eigenvalue weighted by molar-refractivity contribution is 0.461. The van der Waals surface area contributed by atoms with Crippen LogP contribution in [0.2, 0.25) is 13.1 Å². The first-order valence-corrected chi connectivity index (χ1v) is 11.5. The third-order valence-corrected chi connectivity index (χ3v) is 8.12. The van der Waals surface area contributed by atoms with E-state index in [2.05, 4.69) is 94.2 Å². The molecule has 0 bridgehead atoms. The van der Waals surface area contributed by atoms with Crippen molar-refractivity contribution in [2.75, 3.05) is 0 Å². The maximum Gasteiger partial charge on any atom is 0.0634 e. The van der Waals surface area contributed by atoms with Crippen LogP contribution in [-0.4, -0.2) is 8.07 Å². The summed E-state index contributed by atoms with van der Waals surface area (Å²) in [6.45, 7) is 22.6. The van der Waals surface area contributed by atoms with Gasteiger partial charge in [0.05, 0.1) is 8.07 Å². The van der Waals surface area contributed by atoms with Crippen molar-refractivity contribution in [1.82, 2.24) is 0 Å². The molecule has 2 aliphatic rings. The maximum absolute atomic E-state index is 3.71. The van der Waals surface area contributed by atoms with Gasteiger partial charge in [0.25, 0.3) is 0 Å². The highest BCUT2D eigenvalue weighted by Crippen LogP contribution is 2.57. The van der Waals surface area contributed by atoms with Crippen LogP contribution in [0.4, 0.5) is 0 Å². The highest BCUT2D eigenvalue weighted by molar-refractivity contribution is 6.90. The Balaban J connectivity index is 2.15. The summed E-state index contributed by atoms with van der Waals surface area (Å²) in [6.07, 6.45) is 14.6. The Labute approximate surface area is 148 Å². The van der Waals surface area contributed by atoms with Crippen molar-refractivity contribution in [3.8, 4) is 0 Å². The molecule has 2 saturated carbocycles. The normalized spacial score (nSPS) is 25.8. The van der Waals surface area contributed by atoms with E-state index < -0.39 is 8.07 Å². The van der Waals surface area contributed by atoms with E-state index in [4.69, 9.17) is 0 Å². The fourth-order valence-corrected chi connectivity index (χ4v) is 6.25. The molecule has 0 aliphatic heterocycles. The zero-order valence-corrected chi connectivity index (χ0v) is 17.5. The van der Waals surface area contributed by atoms with Crippen molar-refractivity contribution in [1.29, 1.82) is 0 Å². The summed E-state index contributed by atoms with van der Waals surface area (Å²) in [5.41, 5.74) is 2.95. The van der Waals surface area contributed by atoms with Gasteiger partial charge in [0.15, 0.2) is 0 Å². The quantitative estimate of drug-likeness (QED) is 0.572. The van der Waals surface area contributed by atoms with E-state index in [1.807, 2.05) is 0 Å². The molecular weight excluding hydrogens is 292 g/mol. The summed E-state index contributed by atoms with van der Waals surface area (Å²) in [4.78, 5) is 0. The number of hydrogen-bond donors (Lipinski definition) is 0. The molecule has 0 N–H and O–H groups in total. The Kier molecular flexibility index (Phi) is 5.25. The van der Waals surface area contributed by atoms with Gasteiger partial charge in [-0.3, -0.25) is 0 Å². The van der Waals surface area contributed by atoms with Crippen molar-refractivity contribution < 1.29 is 0 Å². The molecule has 14 radical (unpaired) electrons. The van der Waals surface area contributed by atoms with Gasteiger partial charge in [-0.05, 0) is 71.3 Å². The summed E-state index contributed by atoms with van der Waals surface area (Å²) in [5.74, 6) is 4.93. The van der Waals surface area contributed by atoms with Crippen molar-refractivity contribution in [2.45, 2.75) is 68.5 Å². The standard InChI is InChI=1S/C22H30Si/c1-15-11-17(21(3,4)5)13-19(15)23(9,10)20-14-18(12-16(20)2)22(6,7)8/h1-10H3. The molecule has 0 unspecified atom stereocenters. The zero-order chi connectivity index (χ0) is 17.8. The minimum Gasteiger partial charge on any atom is -0.0684 e. The lowest BCUT2D eigenvalue weighted by Gasteiger charge is -2.39. The van der Waals surface area contributed by atoms with E-state index >= 15 is 0 Å². The summed E-state index contributed by atoms with van der Waals surface area (Å²) < 4.78 is 0. The van der Waals surface area contributed by atoms with Gasteiger partial charge in [-0.2, -0.15) is 0 Å². The molecule has 0 aromatic rings. The smallest absolute Gasteiger partial charge is 0.0634 e. The van der Waals surface area contributed by atoms with Crippen LogP contribution >= 0.6 is 0 Å². The molecule has 0 nitrogen and oxygen atoms in total. The summed E-state index contributed by atoms with van der Waals surface area (Å²) >= 11 is 0. The van der Waals surface area contributed by atoms with Gasteiger partial charge in [0.2, 0.25) is 0 Å². The Bertz CT molecular complexity index is 371. The molecule has 0 heterocycles. The monoisotopic (exact) mass is 322 g/mol. The fraction of sp³-hybridized carbons (Fsp3) is 0.545. The van der Waals surface area contributed by atoms with Crippen LogP contribution < -0.4 is 0 Å². The predicted octanol–water partition coefficient (Wildman–Crippen LogP) is 5.70. The molecule has 0 saturated heterocycles. The van der Waals surface area contributed by atoms with Crippen LogP contribution in [0.1, 0.15) is 55.4 Å². The van der Waals surface area contributed by atoms with E-state index in [1.54, 1.807) is 0 Å². The highest BCUT2D eigenvalue weighted by atomic mass is 28.3. The Hall–Kier alpha value is 0.217. The molecule has 0 spiro atoms. The van der Waals surface area contributed by atoms with Gasteiger partial charge in [0.1, 0.15) is 0 Å². The maximum atomic E-state index is 3.71. The van der Waals surface area contributed by atoms with E-state index in [0.29, 0.717) is 0 Å². The molecule has 2 fully saturated rings. The molecular formula is C22H30Si. The van der Waals surface area contributed by atoms with Gasteiger partial charge in [-0.15, -0.1) is 0 Å². The van der Waals surface area contributed by atoms with Crippen LogP contribution in [0, 0.1) is 71.3 Å². The fourth-order valence-electron chi connectivity index (χ4n) is 3.12. The summed E-state index contributed by atoms with van der Waals surface area (Å²) in [5, 5.41) is 0. The van der Waals surface area contributed by atoms with Crippen LogP contribution in [-0.2, 0) is 0 Å². The van der Waals surface area contributed by atoms with Gasteiger partial charge in [-0.25, -0.2) is 0 Å². The summed E-state index contributed by atoms with van der Waals surface area (Å²) in [6, 6.07) is 0. The minimum absolute atomic E-state index is 0.0982. The van der Waals surface area contributed by atoms with Gasteiger partial charge < -0.3 is 0 Å². The zero-order valence-electron chi connectivity index (χ0n) is 16.5. The molecule has 2 aliphatic carbocycles. The SMILES string of the molecule is C[C]1[C][C](C(C)(C)C)[C][C]1[Si](C)(C)[C]1[C][C](C(C)(C)C)[C][C]1C. The first-order chi connectivity index (χ1) is 10.2. The first kappa shape index (κ1) is 19.5. The second-order valence-electron chi connectivity index (χ2n) is 9.38. The van der Waals surface area contributed by atoms with Crippen molar-refractivity contribution in [2.24, 2.45) is 10.8 Å². The van der Waals surface area contributed by atoms with Crippen LogP contribution in [0.25, 0.3) is 0 Å². The predicted molar refractivity (Wildman–Crippen MR) is 100 cm³/mol. The third-order valence-electron chi connectivity index (χ3n) is 4.62. The molecule has 0 aromatic heterocycles. The molecule has 0 atom stereocenters. The Morgan fingerprint density at radius 1 is 0.609 bits per heavy atom. The second kappa shape index (κ2) is 6.18. The first-order valence-electron chi connectivity index (χ1n) is 8.50. The largest absolute Gasteiger partial charge is 0.0684 e. The van der Waals surface area contributed by atoms with Crippen LogP contribution in [0.5, 0.6) is 0 Å². The Morgan fingerprint density at radius 2 is 0.913 bits per heavy atom. The lowest BCUT2D eigenvalue weighted by atomic mass is 9.79. The summed E-state index contributed by atoms with van der Waals surface area (Å²) in [7, 11) is -1.83. The van der Waals surface area contributed by atoms with Gasteiger partial charge >= 0.3 is 0 Å². The van der Waals surface area contributed by atoms with Crippen molar-refractivity contribution >= 4 is 8.07 Å². The molecule has 23 heavy (non-hydrogen) atoms. The van der Waals surface area contributed by atoms with E-state index in [9.17, 15) is 0 Å².